The lowest BCUT2D eigenvalue weighted by atomic mass is 9.93. The summed E-state index contributed by atoms with van der Waals surface area (Å²) in [5.41, 5.74) is 9.84. The molecule has 0 heteroatoms. The molecule has 0 amide bonds. The van der Waals surface area contributed by atoms with E-state index in [2.05, 4.69) is 50.8 Å². The van der Waals surface area contributed by atoms with Crippen molar-refractivity contribution in [1.82, 2.24) is 0 Å². The number of rotatable bonds is 0. The molecule has 0 nitrogen and oxygen atoms in total. The minimum atomic E-state index is 1.23. The Hall–Kier alpha value is -1.52. The van der Waals surface area contributed by atoms with Crippen LogP contribution in [0.15, 0.2) is 30.0 Å². The van der Waals surface area contributed by atoms with Crippen LogP contribution in [0.5, 0.6) is 0 Å². The third-order valence-electron chi connectivity index (χ3n) is 2.71. The van der Waals surface area contributed by atoms with Crippen molar-refractivity contribution in [1.29, 1.82) is 0 Å². The van der Waals surface area contributed by atoms with Crippen LogP contribution in [0.4, 0.5) is 0 Å². The van der Waals surface area contributed by atoms with Crippen LogP contribution in [-0.4, -0.2) is 0 Å². The van der Waals surface area contributed by atoms with Gasteiger partial charge in [-0.05, 0) is 54.7 Å². The quantitative estimate of drug-likeness (QED) is 0.534. The molecule has 0 N–H and O–H groups in total. The molecule has 0 unspecified atom stereocenters. The van der Waals surface area contributed by atoms with Gasteiger partial charge in [-0.2, -0.15) is 0 Å². The molecule has 70 valence electrons. The van der Waals surface area contributed by atoms with Gasteiger partial charge >= 0.3 is 0 Å². The molecule has 1 aliphatic carbocycles. The molecule has 0 radical (unpaired) electrons. The smallest absolute Gasteiger partial charge is 0.00102 e. The summed E-state index contributed by atoms with van der Waals surface area (Å²) in [6.07, 6.45) is 6.21. The average molecular weight is 182 g/mol. The third kappa shape index (κ3) is 1.34. The highest BCUT2D eigenvalue weighted by Gasteiger charge is 2.08. The van der Waals surface area contributed by atoms with E-state index in [1.165, 1.54) is 27.8 Å². The summed E-state index contributed by atoms with van der Waals surface area (Å²) in [6, 6.07) is 4.36. The summed E-state index contributed by atoms with van der Waals surface area (Å²) < 4.78 is 0. The van der Waals surface area contributed by atoms with Crippen molar-refractivity contribution < 1.29 is 0 Å². The van der Waals surface area contributed by atoms with E-state index in [4.69, 9.17) is 0 Å². The lowest BCUT2D eigenvalue weighted by Gasteiger charge is -2.11. The molecule has 2 rings (SSSR count). The molecule has 0 heterocycles. The highest BCUT2D eigenvalue weighted by Crippen LogP contribution is 2.27. The van der Waals surface area contributed by atoms with Crippen LogP contribution in [-0.2, 0) is 0 Å². The molecule has 0 fully saturated rings. The highest BCUT2D eigenvalue weighted by molar-refractivity contribution is 5.78. The largest absolute Gasteiger partial charge is 0.117 e. The molecular formula is C14H14. The second kappa shape index (κ2) is 3.32. The number of hydrogen-bond acceptors (Lipinski definition) is 0. The van der Waals surface area contributed by atoms with Crippen molar-refractivity contribution >= 4 is 11.6 Å². The van der Waals surface area contributed by atoms with Gasteiger partial charge in [0.1, 0.15) is 0 Å². The van der Waals surface area contributed by atoms with Crippen LogP contribution in [0.25, 0.3) is 11.6 Å². The second-order valence-corrected chi connectivity index (χ2v) is 3.78. The van der Waals surface area contributed by atoms with Crippen molar-refractivity contribution in [2.24, 2.45) is 0 Å². The summed E-state index contributed by atoms with van der Waals surface area (Å²) in [5.74, 6) is 0. The van der Waals surface area contributed by atoms with E-state index in [1.807, 2.05) is 6.08 Å². The fraction of sp³-hybridized carbons (Fsp3) is 0.214. The third-order valence-corrected chi connectivity index (χ3v) is 2.71. The van der Waals surface area contributed by atoms with E-state index < -0.39 is 0 Å². The first-order valence-electron chi connectivity index (χ1n) is 4.90. The maximum Gasteiger partial charge on any atom is -0.00102 e. The van der Waals surface area contributed by atoms with Crippen molar-refractivity contribution in [2.75, 3.05) is 0 Å². The second-order valence-electron chi connectivity index (χ2n) is 3.78. The molecule has 0 aliphatic heterocycles. The Bertz CT molecular complexity index is 467. The van der Waals surface area contributed by atoms with E-state index >= 15 is 0 Å². The lowest BCUT2D eigenvalue weighted by Crippen LogP contribution is -1.92. The number of hydrogen-bond donors (Lipinski definition) is 0. The Labute approximate surface area is 85.3 Å². The molecule has 0 spiro atoms. The molecule has 0 aromatic heterocycles. The first-order chi connectivity index (χ1) is 6.70. The van der Waals surface area contributed by atoms with Gasteiger partial charge < -0.3 is 0 Å². The molecule has 1 aromatic carbocycles. The van der Waals surface area contributed by atoms with Crippen LogP contribution in [0.3, 0.4) is 0 Å². The molecular weight excluding hydrogens is 168 g/mol. The lowest BCUT2D eigenvalue weighted by molar-refractivity contribution is 1.34. The Morgan fingerprint density at radius 1 is 1.00 bits per heavy atom. The summed E-state index contributed by atoms with van der Waals surface area (Å²) >= 11 is 0. The topological polar surface area (TPSA) is 0 Å². The molecule has 0 bridgehead atoms. The van der Waals surface area contributed by atoms with E-state index in [1.54, 1.807) is 0 Å². The van der Waals surface area contributed by atoms with E-state index in [0.29, 0.717) is 0 Å². The van der Waals surface area contributed by atoms with Gasteiger partial charge in [0.05, 0.1) is 0 Å². The zero-order chi connectivity index (χ0) is 10.1. The molecule has 1 aliphatic rings. The van der Waals surface area contributed by atoms with Crippen LogP contribution in [0.2, 0.25) is 0 Å². The number of fused-ring (bicyclic) bond motifs is 1. The Morgan fingerprint density at radius 3 is 2.50 bits per heavy atom. The van der Waals surface area contributed by atoms with E-state index in [9.17, 15) is 0 Å². The highest BCUT2D eigenvalue weighted by atomic mass is 14.1. The van der Waals surface area contributed by atoms with Gasteiger partial charge in [-0.25, -0.2) is 0 Å². The van der Waals surface area contributed by atoms with Crippen molar-refractivity contribution in [3.8, 4) is 0 Å². The summed E-state index contributed by atoms with van der Waals surface area (Å²) in [4.78, 5) is 0. The fourth-order valence-corrected chi connectivity index (χ4v) is 1.93. The zero-order valence-electron chi connectivity index (χ0n) is 8.89. The van der Waals surface area contributed by atoms with Crippen LogP contribution < -0.4 is 0 Å². The maximum absolute atomic E-state index is 3.27. The molecule has 1 aromatic rings. The monoisotopic (exact) mass is 182 g/mol. The molecule has 0 saturated carbocycles. The summed E-state index contributed by atoms with van der Waals surface area (Å²) in [7, 11) is 0. The number of aryl methyl sites for hydroxylation is 2. The Balaban J connectivity index is 2.84. The Kier molecular flexibility index (Phi) is 2.15. The predicted octanol–water partition coefficient (Wildman–Crippen LogP) is 3.89. The van der Waals surface area contributed by atoms with Gasteiger partial charge in [-0.3, -0.25) is 0 Å². The van der Waals surface area contributed by atoms with Crippen molar-refractivity contribution in [2.45, 2.75) is 20.8 Å². The molecule has 14 heavy (non-hydrogen) atoms. The minimum Gasteiger partial charge on any atom is -0.117 e. The van der Waals surface area contributed by atoms with Crippen molar-refractivity contribution in [3.63, 3.8) is 0 Å². The van der Waals surface area contributed by atoms with Gasteiger partial charge in [0, 0.05) is 0 Å². The van der Waals surface area contributed by atoms with Gasteiger partial charge in [0.25, 0.3) is 0 Å². The standard InChI is InChI=1S/C14H14/c1-10-8-9-12(3)14-11(2)6-4-5-7-13(10)14/h4-5,7-9H,1-3H3. The number of benzene rings is 1. The van der Waals surface area contributed by atoms with Gasteiger partial charge in [0.15, 0.2) is 0 Å². The van der Waals surface area contributed by atoms with Crippen LogP contribution in [0, 0.1) is 13.8 Å². The van der Waals surface area contributed by atoms with Crippen LogP contribution >= 0.6 is 0 Å². The maximum atomic E-state index is 3.27. The fourth-order valence-electron chi connectivity index (χ4n) is 1.93. The number of allylic oxidation sites excluding steroid dienone is 2. The summed E-state index contributed by atoms with van der Waals surface area (Å²) in [6.45, 7) is 6.43. The average Bonchev–Trinajstić information content (AvgIpc) is 2.35. The zero-order valence-corrected chi connectivity index (χ0v) is 8.89. The molecule has 0 atom stereocenters. The first-order valence-corrected chi connectivity index (χ1v) is 4.90. The normalized spacial score (nSPS) is 13.5. The van der Waals surface area contributed by atoms with E-state index in [-0.39, 0.29) is 0 Å². The Morgan fingerprint density at radius 2 is 1.71 bits per heavy atom. The first kappa shape index (κ1) is 9.05. The predicted molar refractivity (Wildman–Crippen MR) is 62.1 cm³/mol. The van der Waals surface area contributed by atoms with Gasteiger partial charge in [-0.15, -0.1) is 5.73 Å². The van der Waals surface area contributed by atoms with Gasteiger partial charge in [-0.1, -0.05) is 24.3 Å². The molecule has 0 saturated heterocycles. The minimum absolute atomic E-state index is 1.23. The van der Waals surface area contributed by atoms with E-state index in [0.717, 1.165) is 0 Å². The van der Waals surface area contributed by atoms with Gasteiger partial charge in [0.2, 0.25) is 0 Å². The van der Waals surface area contributed by atoms with Crippen LogP contribution in [0.1, 0.15) is 29.2 Å². The van der Waals surface area contributed by atoms with Crippen molar-refractivity contribution in [3.05, 3.63) is 52.3 Å². The summed E-state index contributed by atoms with van der Waals surface area (Å²) in [5, 5.41) is 0. The SMILES string of the molecule is CC1=C=CC=Cc2c(C)ccc(C)c21.